The summed E-state index contributed by atoms with van der Waals surface area (Å²) in [5.41, 5.74) is 1.30. The van der Waals surface area contributed by atoms with E-state index in [9.17, 15) is 14.4 Å². The van der Waals surface area contributed by atoms with E-state index < -0.39 is 11.7 Å². The van der Waals surface area contributed by atoms with Crippen LogP contribution in [-0.4, -0.2) is 42.8 Å². The van der Waals surface area contributed by atoms with E-state index in [4.69, 9.17) is 14.2 Å². The number of hydrogen-bond donors (Lipinski definition) is 2. The molecule has 1 aromatic carbocycles. The van der Waals surface area contributed by atoms with Gasteiger partial charge in [-0.25, -0.2) is 4.79 Å². The highest BCUT2D eigenvalue weighted by atomic mass is 16.6. The molecule has 0 saturated carbocycles. The van der Waals surface area contributed by atoms with Gasteiger partial charge in [0.1, 0.15) is 18.0 Å². The van der Waals surface area contributed by atoms with Crippen molar-refractivity contribution in [2.24, 2.45) is 0 Å². The molecule has 2 rings (SSSR count). The van der Waals surface area contributed by atoms with E-state index in [1.165, 1.54) is 0 Å². The van der Waals surface area contributed by atoms with Gasteiger partial charge >= 0.3 is 12.1 Å². The van der Waals surface area contributed by atoms with Crippen LogP contribution in [0.4, 0.5) is 10.5 Å². The molecular weight excluding hydrogens is 376 g/mol. The molecule has 2 N–H and O–H groups in total. The molecule has 0 spiro atoms. The summed E-state index contributed by atoms with van der Waals surface area (Å²) in [6, 6.07) is 5.19. The average Bonchev–Trinajstić information content (AvgIpc) is 2.62. The minimum Gasteiger partial charge on any atom is -0.494 e. The van der Waals surface area contributed by atoms with Crippen molar-refractivity contribution in [2.75, 3.05) is 18.5 Å². The lowest BCUT2D eigenvalue weighted by Gasteiger charge is -2.21. The molecule has 0 saturated heterocycles. The molecule has 0 bridgehead atoms. The number of hydrogen-bond acceptors (Lipinski definition) is 6. The number of benzene rings is 1. The summed E-state index contributed by atoms with van der Waals surface area (Å²) in [7, 11) is 0. The van der Waals surface area contributed by atoms with Crippen molar-refractivity contribution < 1.29 is 28.6 Å². The number of ether oxygens (including phenoxy) is 3. The van der Waals surface area contributed by atoms with Crippen molar-refractivity contribution >= 4 is 23.7 Å². The highest BCUT2D eigenvalue weighted by molar-refractivity contribution is 5.94. The Balaban J connectivity index is 1.61. The Bertz CT molecular complexity index is 741. The van der Waals surface area contributed by atoms with Crippen LogP contribution in [0.25, 0.3) is 0 Å². The van der Waals surface area contributed by atoms with Crippen molar-refractivity contribution in [2.45, 2.75) is 65.0 Å². The minimum atomic E-state index is -0.577. The Morgan fingerprint density at radius 3 is 2.72 bits per heavy atom. The van der Waals surface area contributed by atoms with E-state index in [0.29, 0.717) is 31.6 Å². The molecule has 29 heavy (non-hydrogen) atoms. The van der Waals surface area contributed by atoms with Gasteiger partial charge in [0.15, 0.2) is 0 Å². The molecule has 0 aliphatic carbocycles. The largest absolute Gasteiger partial charge is 0.494 e. The van der Waals surface area contributed by atoms with Gasteiger partial charge in [-0.15, -0.1) is 0 Å². The van der Waals surface area contributed by atoms with Crippen molar-refractivity contribution in [3.63, 3.8) is 0 Å². The first kappa shape index (κ1) is 22.5. The first-order chi connectivity index (χ1) is 13.6. The molecule has 160 valence electrons. The second kappa shape index (κ2) is 10.1. The average molecular weight is 406 g/mol. The molecule has 1 atom stereocenters. The standard InChI is InChI=1S/C21H30N2O6/c1-14(22-20(26)29-21(2,3)4)13-28-19(25)6-5-11-27-16-8-9-17-15(12-16)7-10-18(24)23-17/h8-9,12,14H,5-7,10-11,13H2,1-4H3,(H,22,26)(H,23,24). The predicted molar refractivity (Wildman–Crippen MR) is 108 cm³/mol. The van der Waals surface area contributed by atoms with Crippen molar-refractivity contribution in [1.29, 1.82) is 0 Å². The van der Waals surface area contributed by atoms with Crippen LogP contribution in [0, 0.1) is 0 Å². The molecule has 1 aromatic rings. The molecule has 2 amide bonds. The SMILES string of the molecule is CC(COC(=O)CCCOc1ccc2c(c1)CCC(=O)N2)NC(=O)OC(C)(C)C. The smallest absolute Gasteiger partial charge is 0.407 e. The highest BCUT2D eigenvalue weighted by Crippen LogP contribution is 2.26. The molecule has 1 aliphatic heterocycles. The first-order valence-electron chi connectivity index (χ1n) is 9.83. The third kappa shape index (κ3) is 8.41. The van der Waals surface area contributed by atoms with Crippen molar-refractivity contribution in [1.82, 2.24) is 5.32 Å². The third-order valence-electron chi connectivity index (χ3n) is 4.02. The van der Waals surface area contributed by atoms with Crippen LogP contribution in [0.1, 0.15) is 52.5 Å². The first-order valence-corrected chi connectivity index (χ1v) is 9.83. The number of alkyl carbamates (subject to hydrolysis) is 1. The summed E-state index contributed by atoms with van der Waals surface area (Å²) in [4.78, 5) is 34.9. The fourth-order valence-electron chi connectivity index (χ4n) is 2.70. The molecule has 0 aromatic heterocycles. The molecule has 1 heterocycles. The number of carbonyl (C=O) groups is 3. The zero-order chi connectivity index (χ0) is 21.4. The number of esters is 1. The van der Waals surface area contributed by atoms with E-state index in [2.05, 4.69) is 10.6 Å². The van der Waals surface area contributed by atoms with Crippen LogP contribution in [0.15, 0.2) is 18.2 Å². The molecule has 0 radical (unpaired) electrons. The fraction of sp³-hybridized carbons (Fsp3) is 0.571. The number of aryl methyl sites for hydroxylation is 1. The van der Waals surface area contributed by atoms with E-state index >= 15 is 0 Å². The summed E-state index contributed by atoms with van der Waals surface area (Å²) in [5.74, 6) is 0.392. The predicted octanol–water partition coefficient (Wildman–Crippen LogP) is 3.19. The van der Waals surface area contributed by atoms with Gasteiger partial charge in [0, 0.05) is 18.5 Å². The van der Waals surface area contributed by atoms with E-state index in [1.807, 2.05) is 12.1 Å². The monoisotopic (exact) mass is 406 g/mol. The van der Waals surface area contributed by atoms with Crippen LogP contribution in [-0.2, 0) is 25.5 Å². The maximum absolute atomic E-state index is 11.8. The van der Waals surface area contributed by atoms with Crippen LogP contribution < -0.4 is 15.4 Å². The minimum absolute atomic E-state index is 0.0280. The fourth-order valence-corrected chi connectivity index (χ4v) is 2.70. The zero-order valence-corrected chi connectivity index (χ0v) is 17.5. The lowest BCUT2D eigenvalue weighted by molar-refractivity contribution is -0.144. The summed E-state index contributed by atoms with van der Waals surface area (Å²) in [5, 5.41) is 5.44. The number of fused-ring (bicyclic) bond motifs is 1. The lowest BCUT2D eigenvalue weighted by atomic mass is 10.0. The van der Waals surface area contributed by atoms with Crippen LogP contribution >= 0.6 is 0 Å². The number of rotatable bonds is 8. The van der Waals surface area contributed by atoms with Crippen LogP contribution in [0.3, 0.4) is 0 Å². The second-order valence-electron chi connectivity index (χ2n) is 8.05. The van der Waals surface area contributed by atoms with Crippen molar-refractivity contribution in [3.05, 3.63) is 23.8 Å². The zero-order valence-electron chi connectivity index (χ0n) is 17.5. The molecule has 1 unspecified atom stereocenters. The Morgan fingerprint density at radius 1 is 1.24 bits per heavy atom. The van der Waals surface area contributed by atoms with Crippen LogP contribution in [0.2, 0.25) is 0 Å². The van der Waals surface area contributed by atoms with Gasteiger partial charge in [-0.3, -0.25) is 9.59 Å². The number of amides is 2. The maximum Gasteiger partial charge on any atom is 0.407 e. The molecular formula is C21H30N2O6. The molecule has 8 heteroatoms. The summed E-state index contributed by atoms with van der Waals surface area (Å²) < 4.78 is 16.0. The van der Waals surface area contributed by atoms with Gasteiger partial charge in [-0.1, -0.05) is 0 Å². The maximum atomic E-state index is 11.8. The van der Waals surface area contributed by atoms with Gasteiger partial charge in [0.05, 0.1) is 12.6 Å². The number of nitrogens with one attached hydrogen (secondary N) is 2. The van der Waals surface area contributed by atoms with Gasteiger partial charge in [0.2, 0.25) is 5.91 Å². The Hall–Kier alpha value is -2.77. The number of anilines is 1. The van der Waals surface area contributed by atoms with Crippen LogP contribution in [0.5, 0.6) is 5.75 Å². The lowest BCUT2D eigenvalue weighted by Crippen LogP contribution is -2.40. The van der Waals surface area contributed by atoms with E-state index in [-0.39, 0.29) is 30.9 Å². The summed E-state index contributed by atoms with van der Waals surface area (Å²) >= 11 is 0. The van der Waals surface area contributed by atoms with Crippen molar-refractivity contribution in [3.8, 4) is 5.75 Å². The Morgan fingerprint density at radius 2 is 2.00 bits per heavy atom. The Kier molecular flexibility index (Phi) is 7.87. The molecule has 1 aliphatic rings. The summed E-state index contributed by atoms with van der Waals surface area (Å²) in [6.07, 6.45) is 1.36. The Labute approximate surface area is 171 Å². The quantitative estimate of drug-likeness (QED) is 0.508. The van der Waals surface area contributed by atoms with Gasteiger partial charge in [0.25, 0.3) is 0 Å². The third-order valence-corrected chi connectivity index (χ3v) is 4.02. The molecule has 8 nitrogen and oxygen atoms in total. The second-order valence-corrected chi connectivity index (χ2v) is 8.05. The topological polar surface area (TPSA) is 103 Å². The van der Waals surface area contributed by atoms with E-state index in [1.54, 1.807) is 33.8 Å². The van der Waals surface area contributed by atoms with Gasteiger partial charge in [-0.2, -0.15) is 0 Å². The number of carbonyl (C=O) groups excluding carboxylic acids is 3. The molecule has 0 fully saturated rings. The van der Waals surface area contributed by atoms with Gasteiger partial charge in [-0.05, 0) is 64.3 Å². The van der Waals surface area contributed by atoms with Gasteiger partial charge < -0.3 is 24.8 Å². The summed E-state index contributed by atoms with van der Waals surface area (Å²) in [6.45, 7) is 7.53. The normalized spacial score (nSPS) is 14.3. The highest BCUT2D eigenvalue weighted by Gasteiger charge is 2.18. The van der Waals surface area contributed by atoms with E-state index in [0.717, 1.165) is 11.3 Å².